The lowest BCUT2D eigenvalue weighted by Crippen LogP contribution is -2.48. The van der Waals surface area contributed by atoms with E-state index in [0.717, 1.165) is 60.3 Å². The van der Waals surface area contributed by atoms with Crippen molar-refractivity contribution in [1.82, 2.24) is 19.2 Å². The number of pyridine rings is 1. The van der Waals surface area contributed by atoms with E-state index in [1.807, 2.05) is 64.0 Å². The smallest absolute Gasteiger partial charge is 0.255 e. The lowest BCUT2D eigenvalue weighted by atomic mass is 10.1. The van der Waals surface area contributed by atoms with Crippen LogP contribution in [0.5, 0.6) is 0 Å². The van der Waals surface area contributed by atoms with Gasteiger partial charge in [-0.25, -0.2) is 4.98 Å². The Morgan fingerprint density at radius 2 is 1.62 bits per heavy atom. The Kier molecular flexibility index (Phi) is 6.23. The second-order valence-corrected chi connectivity index (χ2v) is 9.05. The van der Waals surface area contributed by atoms with Crippen LogP contribution in [0.2, 0.25) is 0 Å². The Hall–Kier alpha value is -3.09. The van der Waals surface area contributed by atoms with E-state index in [1.54, 1.807) is 11.8 Å². The number of amides is 1. The number of thioether (sulfide) groups is 1. The molecule has 0 bridgehead atoms. The van der Waals surface area contributed by atoms with Gasteiger partial charge in [0.2, 0.25) is 0 Å². The topological polar surface area (TPSA) is 40.9 Å². The van der Waals surface area contributed by atoms with Gasteiger partial charge in [0.1, 0.15) is 5.65 Å². The molecule has 6 heteroatoms. The van der Waals surface area contributed by atoms with Crippen LogP contribution in [-0.4, -0.2) is 51.3 Å². The van der Waals surface area contributed by atoms with Crippen molar-refractivity contribution in [1.29, 1.82) is 0 Å². The maximum Gasteiger partial charge on any atom is 0.255 e. The molecule has 1 aliphatic rings. The number of fused-ring (bicyclic) bond motifs is 1. The molecule has 0 aliphatic carbocycles. The van der Waals surface area contributed by atoms with Crippen molar-refractivity contribution in [2.75, 3.05) is 26.2 Å². The minimum atomic E-state index is 0.127. The van der Waals surface area contributed by atoms with E-state index in [1.165, 1.54) is 5.56 Å². The van der Waals surface area contributed by atoms with Crippen molar-refractivity contribution < 1.29 is 4.79 Å². The van der Waals surface area contributed by atoms with Crippen molar-refractivity contribution in [3.05, 3.63) is 102 Å². The largest absolute Gasteiger partial charge is 0.336 e. The summed E-state index contributed by atoms with van der Waals surface area (Å²) in [7, 11) is 0. The Morgan fingerprint density at radius 3 is 2.44 bits per heavy atom. The van der Waals surface area contributed by atoms with Crippen molar-refractivity contribution in [3.63, 3.8) is 0 Å². The molecule has 32 heavy (non-hydrogen) atoms. The zero-order valence-corrected chi connectivity index (χ0v) is 18.7. The third kappa shape index (κ3) is 4.71. The summed E-state index contributed by atoms with van der Waals surface area (Å²) in [6.07, 6.45) is 4.06. The first kappa shape index (κ1) is 20.8. The molecule has 5 rings (SSSR count). The first-order valence-corrected chi connectivity index (χ1v) is 11.9. The number of carbonyl (C=O) groups excluding carboxylic acids is 1. The van der Waals surface area contributed by atoms with Crippen molar-refractivity contribution in [3.8, 4) is 0 Å². The number of benzene rings is 2. The normalized spacial score (nSPS) is 14.7. The minimum absolute atomic E-state index is 0.127. The van der Waals surface area contributed by atoms with Crippen LogP contribution in [0.3, 0.4) is 0 Å². The first-order valence-electron chi connectivity index (χ1n) is 11.0. The van der Waals surface area contributed by atoms with Crippen LogP contribution < -0.4 is 0 Å². The fourth-order valence-corrected chi connectivity index (χ4v) is 5.03. The number of hydrogen-bond donors (Lipinski definition) is 0. The molecule has 5 nitrogen and oxygen atoms in total. The molecule has 1 fully saturated rings. The molecule has 0 radical (unpaired) electrons. The van der Waals surface area contributed by atoms with Crippen LogP contribution >= 0.6 is 11.8 Å². The van der Waals surface area contributed by atoms with Gasteiger partial charge in [0, 0.05) is 55.8 Å². The molecule has 2 aromatic heterocycles. The molecule has 0 N–H and O–H groups in total. The van der Waals surface area contributed by atoms with Gasteiger partial charge in [-0.05, 0) is 29.8 Å². The third-order valence-corrected chi connectivity index (χ3v) is 6.92. The van der Waals surface area contributed by atoms with E-state index >= 15 is 0 Å². The molecule has 1 amide bonds. The summed E-state index contributed by atoms with van der Waals surface area (Å²) in [6, 6.07) is 24.5. The Labute approximate surface area is 192 Å². The predicted molar refractivity (Wildman–Crippen MR) is 129 cm³/mol. The number of nitrogens with zero attached hydrogens (tertiary/aromatic N) is 4. The standard InChI is InChI=1S/C26H26N4OS/c31-26(29-16-14-28(15-17-29)18-21-8-2-1-3-9-21)23-10-4-5-11-24(23)32-20-22-19-30-13-7-6-12-25(30)27-22/h1-13,19H,14-18,20H2. The zero-order valence-electron chi connectivity index (χ0n) is 17.9. The van der Waals surface area contributed by atoms with Crippen LogP contribution in [0, 0.1) is 0 Å². The van der Waals surface area contributed by atoms with Crippen molar-refractivity contribution in [2.24, 2.45) is 0 Å². The molecule has 1 aliphatic heterocycles. The van der Waals surface area contributed by atoms with E-state index < -0.39 is 0 Å². The molecular formula is C26H26N4OS. The summed E-state index contributed by atoms with van der Waals surface area (Å²) >= 11 is 1.68. The van der Waals surface area contributed by atoms with Gasteiger partial charge >= 0.3 is 0 Å². The maximum atomic E-state index is 13.3. The highest BCUT2D eigenvalue weighted by molar-refractivity contribution is 7.98. The Morgan fingerprint density at radius 1 is 0.875 bits per heavy atom. The average Bonchev–Trinajstić information content (AvgIpc) is 3.27. The summed E-state index contributed by atoms with van der Waals surface area (Å²) in [5.41, 5.74) is 4.07. The fraction of sp³-hybridized carbons (Fsp3) is 0.231. The highest BCUT2D eigenvalue weighted by atomic mass is 32.2. The molecule has 0 unspecified atom stereocenters. The minimum Gasteiger partial charge on any atom is -0.336 e. The molecule has 0 spiro atoms. The van der Waals surface area contributed by atoms with Crippen LogP contribution in [-0.2, 0) is 12.3 Å². The number of carbonyl (C=O) groups is 1. The molecule has 0 atom stereocenters. The predicted octanol–water partition coefficient (Wildman–Crippen LogP) is 4.58. The fourth-order valence-electron chi connectivity index (χ4n) is 4.10. The van der Waals surface area contributed by atoms with Crippen LogP contribution in [0.15, 0.2) is 90.1 Å². The van der Waals surface area contributed by atoms with Gasteiger partial charge in [-0.15, -0.1) is 11.8 Å². The summed E-state index contributed by atoms with van der Waals surface area (Å²) in [6.45, 7) is 4.26. The number of aromatic nitrogens is 2. The van der Waals surface area contributed by atoms with Crippen molar-refractivity contribution >= 4 is 23.3 Å². The third-order valence-electron chi connectivity index (χ3n) is 5.82. The number of rotatable bonds is 6. The highest BCUT2D eigenvalue weighted by Crippen LogP contribution is 2.27. The molecule has 0 saturated carbocycles. The van der Waals surface area contributed by atoms with Gasteiger partial charge in [-0.2, -0.15) is 0 Å². The Bertz CT molecular complexity index is 1170. The van der Waals surface area contributed by atoms with E-state index in [2.05, 4.69) is 40.3 Å². The Balaban J connectivity index is 1.22. The van der Waals surface area contributed by atoms with Gasteiger partial charge in [-0.1, -0.05) is 48.5 Å². The molecule has 162 valence electrons. The van der Waals surface area contributed by atoms with E-state index in [-0.39, 0.29) is 5.91 Å². The number of imidazole rings is 1. The molecule has 2 aromatic carbocycles. The summed E-state index contributed by atoms with van der Waals surface area (Å²) in [5, 5.41) is 0. The average molecular weight is 443 g/mol. The highest BCUT2D eigenvalue weighted by Gasteiger charge is 2.24. The van der Waals surface area contributed by atoms with Gasteiger partial charge in [0.15, 0.2) is 0 Å². The van der Waals surface area contributed by atoms with Gasteiger partial charge in [0.25, 0.3) is 5.91 Å². The SMILES string of the molecule is O=C(c1ccccc1SCc1cn2ccccc2n1)N1CCN(Cc2ccccc2)CC1. The lowest BCUT2D eigenvalue weighted by Gasteiger charge is -2.35. The summed E-state index contributed by atoms with van der Waals surface area (Å²) < 4.78 is 2.03. The van der Waals surface area contributed by atoms with Crippen molar-refractivity contribution in [2.45, 2.75) is 17.2 Å². The van der Waals surface area contributed by atoms with Crippen LogP contribution in [0.25, 0.3) is 5.65 Å². The van der Waals surface area contributed by atoms with E-state index in [4.69, 9.17) is 0 Å². The summed E-state index contributed by atoms with van der Waals surface area (Å²) in [4.78, 5) is 23.4. The molecule has 3 heterocycles. The van der Waals surface area contributed by atoms with Crippen LogP contribution in [0.4, 0.5) is 0 Å². The quantitative estimate of drug-likeness (QED) is 0.410. The molecular weight excluding hydrogens is 416 g/mol. The second kappa shape index (κ2) is 9.59. The maximum absolute atomic E-state index is 13.3. The number of piperazine rings is 1. The zero-order chi connectivity index (χ0) is 21.8. The van der Waals surface area contributed by atoms with E-state index in [0.29, 0.717) is 0 Å². The number of hydrogen-bond acceptors (Lipinski definition) is 4. The van der Waals surface area contributed by atoms with Gasteiger partial charge in [-0.3, -0.25) is 9.69 Å². The first-order chi connectivity index (χ1) is 15.8. The molecule has 1 saturated heterocycles. The second-order valence-electron chi connectivity index (χ2n) is 8.04. The lowest BCUT2D eigenvalue weighted by molar-refractivity contribution is 0.0625. The van der Waals surface area contributed by atoms with Crippen LogP contribution in [0.1, 0.15) is 21.6 Å². The summed E-state index contributed by atoms with van der Waals surface area (Å²) in [5.74, 6) is 0.860. The van der Waals surface area contributed by atoms with E-state index in [9.17, 15) is 4.79 Å². The monoisotopic (exact) mass is 442 g/mol. The molecule has 4 aromatic rings. The van der Waals surface area contributed by atoms with Gasteiger partial charge < -0.3 is 9.30 Å². The van der Waals surface area contributed by atoms with Gasteiger partial charge in [0.05, 0.1) is 11.3 Å².